The van der Waals surface area contributed by atoms with Crippen molar-refractivity contribution >= 4 is 33.6 Å². The van der Waals surface area contributed by atoms with Gasteiger partial charge in [-0.1, -0.05) is 366 Å². The first-order chi connectivity index (χ1) is 56.2. The van der Waals surface area contributed by atoms with Gasteiger partial charge in [-0.25, -0.2) is 9.13 Å². The number of rotatable bonds is 87. The average Bonchev–Trinajstić information content (AvgIpc) is 0.908. The molecule has 0 aliphatic carbocycles. The van der Waals surface area contributed by atoms with Gasteiger partial charge in [-0.3, -0.25) is 32.5 Å². The van der Waals surface area contributed by atoms with E-state index in [0.29, 0.717) is 19.3 Å². The molecule has 0 radical (unpaired) electrons. The predicted octanol–water partition coefficient (Wildman–Crippen LogP) is 28.3. The average molecular weight is 1650 g/mol. The molecule has 0 aliphatic rings. The molecule has 0 heterocycles. The molecule has 0 aromatic heterocycles. The van der Waals surface area contributed by atoms with Crippen LogP contribution in [0.5, 0.6) is 0 Å². The van der Waals surface area contributed by atoms with Gasteiger partial charge in [0.2, 0.25) is 0 Å². The molecule has 5 unspecified atom stereocenters. The van der Waals surface area contributed by atoms with Gasteiger partial charge in [-0.15, -0.1) is 0 Å². The molecule has 115 heavy (non-hydrogen) atoms. The molecule has 0 bridgehead atoms. The van der Waals surface area contributed by atoms with E-state index in [0.717, 1.165) is 148 Å². The highest BCUT2D eigenvalue weighted by Crippen LogP contribution is 2.45. The SMILES string of the molecule is CCCCC/C=C\C/C=C\C/C=C\C/C=C\CCCCCCCCCCCCCC(=O)OCC(O)COP(=O)(O)OCC(O)COP(=O)(O)OCC(COC(=O)CCCCCCCCCCCCC/C=C\C/C=C\C/C=C\C/C=C\CCCCC)OC(=O)CCCCCCCCCCC/C=C\C/C=C\C/C=C\C/C=C\CCCCC. The second-order valence-electron chi connectivity index (χ2n) is 30.7. The number of ether oxygens (including phenoxy) is 3. The molecule has 0 amide bonds. The first kappa shape index (κ1) is 110. The van der Waals surface area contributed by atoms with E-state index in [2.05, 4.69) is 167 Å². The maximum Gasteiger partial charge on any atom is 0.472 e. The Hall–Kier alpha value is -4.57. The van der Waals surface area contributed by atoms with Gasteiger partial charge in [0.05, 0.1) is 26.4 Å². The summed E-state index contributed by atoms with van der Waals surface area (Å²) in [6.07, 6.45) is 112. The van der Waals surface area contributed by atoms with Crippen molar-refractivity contribution in [1.29, 1.82) is 0 Å². The maximum absolute atomic E-state index is 13.1. The third-order valence-corrected chi connectivity index (χ3v) is 21.4. The van der Waals surface area contributed by atoms with Crippen molar-refractivity contribution in [1.82, 2.24) is 0 Å². The Labute approximate surface area is 702 Å². The van der Waals surface area contributed by atoms with Crippen molar-refractivity contribution in [2.24, 2.45) is 0 Å². The Morgan fingerprint density at radius 3 is 0.687 bits per heavy atom. The molecule has 0 spiro atoms. The molecule has 0 rings (SSSR count). The minimum Gasteiger partial charge on any atom is -0.463 e. The highest BCUT2D eigenvalue weighted by Gasteiger charge is 2.29. The molecule has 0 saturated heterocycles. The molecule has 18 heteroatoms. The lowest BCUT2D eigenvalue weighted by Crippen LogP contribution is -2.30. The van der Waals surface area contributed by atoms with Crippen LogP contribution < -0.4 is 0 Å². The minimum absolute atomic E-state index is 0.0937. The first-order valence-corrected chi connectivity index (χ1v) is 49.1. The summed E-state index contributed by atoms with van der Waals surface area (Å²) < 4.78 is 61.5. The monoisotopic (exact) mass is 1650 g/mol. The zero-order valence-electron chi connectivity index (χ0n) is 72.9. The summed E-state index contributed by atoms with van der Waals surface area (Å²) in [6.45, 7) is 2.64. The van der Waals surface area contributed by atoms with Crippen LogP contribution in [0.3, 0.4) is 0 Å². The Kier molecular flexibility index (Phi) is 85.2. The molecule has 0 aliphatic heterocycles. The minimum atomic E-state index is -4.95. The fourth-order valence-corrected chi connectivity index (χ4v) is 14.1. The Morgan fingerprint density at radius 1 is 0.243 bits per heavy atom. The normalized spacial score (nSPS) is 14.5. The van der Waals surface area contributed by atoms with E-state index in [1.165, 1.54) is 186 Å². The summed E-state index contributed by atoms with van der Waals surface area (Å²) in [7, 11) is -9.81. The van der Waals surface area contributed by atoms with E-state index in [-0.39, 0.29) is 19.3 Å². The van der Waals surface area contributed by atoms with Crippen LogP contribution in [-0.4, -0.2) is 95.9 Å². The molecule has 16 nitrogen and oxygen atoms in total. The Balaban J connectivity index is 4.68. The topological polar surface area (TPSA) is 231 Å². The number of carbonyl (C=O) groups is 3. The lowest BCUT2D eigenvalue weighted by Gasteiger charge is -2.21. The van der Waals surface area contributed by atoms with Gasteiger partial charge in [0.25, 0.3) is 0 Å². The van der Waals surface area contributed by atoms with Gasteiger partial charge in [0, 0.05) is 19.3 Å². The lowest BCUT2D eigenvalue weighted by molar-refractivity contribution is -0.161. The molecule has 0 aromatic carbocycles. The summed E-state index contributed by atoms with van der Waals surface area (Å²) in [6, 6.07) is 0. The largest absolute Gasteiger partial charge is 0.472 e. The number of aliphatic hydroxyl groups excluding tert-OH is 2. The van der Waals surface area contributed by atoms with Gasteiger partial charge < -0.3 is 34.2 Å². The van der Waals surface area contributed by atoms with Crippen LogP contribution >= 0.6 is 15.6 Å². The third kappa shape index (κ3) is 90.0. The van der Waals surface area contributed by atoms with Crippen LogP contribution in [-0.2, 0) is 55.8 Å². The van der Waals surface area contributed by atoms with Crippen molar-refractivity contribution in [3.63, 3.8) is 0 Å². The van der Waals surface area contributed by atoms with Gasteiger partial charge in [-0.2, -0.15) is 0 Å². The van der Waals surface area contributed by atoms with Crippen LogP contribution in [0, 0.1) is 0 Å². The molecule has 5 atom stereocenters. The number of phosphoric ester groups is 2. The number of carbonyl (C=O) groups excluding carboxylic acids is 3. The summed E-state index contributed by atoms with van der Waals surface area (Å²) in [5, 5.41) is 20.7. The number of hydrogen-bond donors (Lipinski definition) is 4. The number of unbranched alkanes of at least 4 members (excludes halogenated alkanes) is 40. The number of phosphoric acid groups is 2. The van der Waals surface area contributed by atoms with Crippen molar-refractivity contribution < 1.29 is 75.8 Å². The van der Waals surface area contributed by atoms with E-state index < -0.39 is 91.5 Å². The van der Waals surface area contributed by atoms with Gasteiger partial charge in [0.15, 0.2) is 6.10 Å². The van der Waals surface area contributed by atoms with E-state index in [1.54, 1.807) is 0 Å². The lowest BCUT2D eigenvalue weighted by atomic mass is 10.0. The van der Waals surface area contributed by atoms with E-state index in [9.17, 15) is 43.5 Å². The molecule has 0 aromatic rings. The highest BCUT2D eigenvalue weighted by molar-refractivity contribution is 7.47. The van der Waals surface area contributed by atoms with Crippen LogP contribution in [0.15, 0.2) is 146 Å². The fraction of sp³-hybridized carbons (Fsp3) is 0.722. The molecule has 0 saturated carbocycles. The second kappa shape index (κ2) is 88.7. The number of allylic oxidation sites excluding steroid dienone is 24. The molecular weight excluding hydrogens is 1480 g/mol. The van der Waals surface area contributed by atoms with Crippen LogP contribution in [0.1, 0.15) is 393 Å². The summed E-state index contributed by atoms with van der Waals surface area (Å²) in [5.74, 6) is -1.58. The first-order valence-electron chi connectivity index (χ1n) is 46.1. The van der Waals surface area contributed by atoms with Gasteiger partial charge in [0.1, 0.15) is 25.4 Å². The Morgan fingerprint density at radius 2 is 0.435 bits per heavy atom. The van der Waals surface area contributed by atoms with Crippen molar-refractivity contribution in [2.45, 2.75) is 411 Å². The third-order valence-electron chi connectivity index (χ3n) is 19.5. The van der Waals surface area contributed by atoms with Crippen molar-refractivity contribution in [3.8, 4) is 0 Å². The van der Waals surface area contributed by atoms with Crippen LogP contribution in [0.4, 0.5) is 0 Å². The molecular formula is C97H168O16P2. The summed E-state index contributed by atoms with van der Waals surface area (Å²) >= 11 is 0. The standard InChI is InChI=1S/C97H168O16P2/c1-4-7-10-13-16-19-22-25-28-31-34-37-40-43-45-48-50-53-56-59-62-65-68-71-74-77-80-83-95(100)107-86-92(98)87-109-114(103,104)110-88-93(99)89-111-115(105,106)112-91-94(113-97(102)85-82-79-76-73-70-67-64-61-58-55-52-47-42-39-36-33-30-27-24-21-18-15-12-9-6-3)90-108-96(101)84-81-78-75-72-69-66-63-60-57-54-51-49-46-44-41-38-35-32-29-26-23-20-17-14-11-8-5-2/h16-21,25-30,34-39,43-47,52,92-94,98-99H,4-15,22-24,31-33,40-42,48-51,53-91H2,1-3H3,(H,103,104)(H,105,106)/b19-16-,20-17-,21-18-,28-25-,29-26-,30-27-,37-34-,38-35-,39-36-,45-43-,46-44-,52-47-. The quantitative estimate of drug-likeness (QED) is 0.0146. The van der Waals surface area contributed by atoms with Crippen LogP contribution in [0.25, 0.3) is 0 Å². The highest BCUT2D eigenvalue weighted by atomic mass is 31.2. The summed E-state index contributed by atoms with van der Waals surface area (Å²) in [4.78, 5) is 59.0. The maximum atomic E-state index is 13.1. The zero-order valence-corrected chi connectivity index (χ0v) is 74.7. The van der Waals surface area contributed by atoms with Gasteiger partial charge in [-0.05, 0) is 154 Å². The Bertz CT molecular complexity index is 2670. The smallest absolute Gasteiger partial charge is 0.463 e. The molecule has 662 valence electrons. The molecule has 4 N–H and O–H groups in total. The fourth-order valence-electron chi connectivity index (χ4n) is 12.5. The number of aliphatic hydroxyl groups is 2. The van der Waals surface area contributed by atoms with Crippen molar-refractivity contribution in [3.05, 3.63) is 146 Å². The van der Waals surface area contributed by atoms with Crippen LogP contribution in [0.2, 0.25) is 0 Å². The van der Waals surface area contributed by atoms with E-state index >= 15 is 0 Å². The summed E-state index contributed by atoms with van der Waals surface area (Å²) in [5.41, 5.74) is 0. The zero-order chi connectivity index (χ0) is 83.6. The van der Waals surface area contributed by atoms with Crippen molar-refractivity contribution in [2.75, 3.05) is 39.6 Å². The predicted molar refractivity (Wildman–Crippen MR) is 482 cm³/mol. The van der Waals surface area contributed by atoms with Gasteiger partial charge >= 0.3 is 33.6 Å². The molecule has 0 fully saturated rings. The number of esters is 3. The second-order valence-corrected chi connectivity index (χ2v) is 33.7. The number of hydrogen-bond acceptors (Lipinski definition) is 14. The van der Waals surface area contributed by atoms with E-state index in [4.69, 9.17) is 32.3 Å². The van der Waals surface area contributed by atoms with E-state index in [1.807, 2.05) is 0 Å².